The van der Waals surface area contributed by atoms with Crippen LogP contribution in [-0.2, 0) is 16.6 Å². The fraction of sp³-hybridized carbons (Fsp3) is 0.571. The summed E-state index contributed by atoms with van der Waals surface area (Å²) in [5, 5.41) is 9.16. The van der Waals surface area contributed by atoms with Gasteiger partial charge in [0.2, 0.25) is 10.0 Å². The van der Waals surface area contributed by atoms with Gasteiger partial charge in [0, 0.05) is 29.2 Å². The Kier molecular flexibility index (Phi) is 4.68. The van der Waals surface area contributed by atoms with Crippen LogP contribution in [0.25, 0.3) is 0 Å². The van der Waals surface area contributed by atoms with E-state index in [-0.39, 0.29) is 27.4 Å². The summed E-state index contributed by atoms with van der Waals surface area (Å²) in [6.45, 7) is 5.87. The lowest BCUT2D eigenvalue weighted by Crippen LogP contribution is -2.46. The summed E-state index contributed by atoms with van der Waals surface area (Å²) in [7, 11) is -3.75. The average Bonchev–Trinajstić information content (AvgIpc) is 2.40. The van der Waals surface area contributed by atoms with E-state index in [1.54, 1.807) is 11.8 Å². The number of hydrogen-bond acceptors (Lipinski definition) is 4. The van der Waals surface area contributed by atoms with Crippen LogP contribution in [-0.4, -0.2) is 41.4 Å². The van der Waals surface area contributed by atoms with Gasteiger partial charge in [0.15, 0.2) is 0 Å². The van der Waals surface area contributed by atoms with Crippen molar-refractivity contribution in [1.29, 1.82) is 0 Å². The molecule has 1 aliphatic heterocycles. The van der Waals surface area contributed by atoms with Crippen LogP contribution in [0.2, 0.25) is 0 Å². The molecule has 0 aromatic heterocycles. The zero-order chi connectivity index (χ0) is 15.8. The second-order valence-electron chi connectivity index (χ2n) is 5.81. The number of hydrogen-bond donors (Lipinski definition) is 1. The summed E-state index contributed by atoms with van der Waals surface area (Å²) in [6.07, 6.45) is 0. The molecule has 7 heteroatoms. The third-order valence-corrected chi connectivity index (χ3v) is 6.82. The first-order valence-corrected chi connectivity index (χ1v) is 9.14. The number of halogens is 1. The number of nitrogens with zero attached hydrogens (tertiary/aromatic N) is 1. The molecule has 118 valence electrons. The molecule has 4 nitrogen and oxygen atoms in total. The zero-order valence-corrected chi connectivity index (χ0v) is 14.0. The molecule has 1 aliphatic rings. The second kappa shape index (κ2) is 5.87. The lowest BCUT2D eigenvalue weighted by molar-refractivity contribution is 0.280. The summed E-state index contributed by atoms with van der Waals surface area (Å²) in [6, 6.07) is 2.53. The second-order valence-corrected chi connectivity index (χ2v) is 9.51. The van der Waals surface area contributed by atoms with E-state index in [1.807, 2.05) is 13.8 Å². The highest BCUT2D eigenvalue weighted by atomic mass is 32.2. The average molecular weight is 333 g/mol. The fourth-order valence-electron chi connectivity index (χ4n) is 2.38. The fourth-order valence-corrected chi connectivity index (χ4v) is 5.58. The topological polar surface area (TPSA) is 57.6 Å². The normalized spacial score (nSPS) is 19.7. The maximum absolute atomic E-state index is 13.9. The summed E-state index contributed by atoms with van der Waals surface area (Å²) >= 11 is 1.73. The Balaban J connectivity index is 2.47. The number of thioether (sulfide) groups is 1. The van der Waals surface area contributed by atoms with Gasteiger partial charge in [-0.25, -0.2) is 12.8 Å². The van der Waals surface area contributed by atoms with Crippen LogP contribution in [0.4, 0.5) is 4.39 Å². The van der Waals surface area contributed by atoms with Gasteiger partial charge in [0.25, 0.3) is 0 Å². The number of aliphatic hydroxyl groups is 1. The Morgan fingerprint density at radius 1 is 1.43 bits per heavy atom. The van der Waals surface area contributed by atoms with Crippen molar-refractivity contribution >= 4 is 21.8 Å². The quantitative estimate of drug-likeness (QED) is 0.921. The van der Waals surface area contributed by atoms with E-state index in [0.29, 0.717) is 18.8 Å². The molecule has 0 unspecified atom stereocenters. The number of sulfonamides is 1. The maximum Gasteiger partial charge on any atom is 0.243 e. The van der Waals surface area contributed by atoms with E-state index >= 15 is 0 Å². The molecule has 21 heavy (non-hydrogen) atoms. The summed E-state index contributed by atoms with van der Waals surface area (Å²) in [4.78, 5) is -0.0470. The van der Waals surface area contributed by atoms with Gasteiger partial charge in [-0.2, -0.15) is 16.1 Å². The molecule has 1 N–H and O–H groups in total. The SMILES string of the molecule is Cc1c(F)cc(CO)cc1S(=O)(=O)N1CCSC(C)(C)C1. The molecule has 1 saturated heterocycles. The highest BCUT2D eigenvalue weighted by Gasteiger charge is 2.35. The lowest BCUT2D eigenvalue weighted by atomic mass is 10.1. The predicted octanol–water partition coefficient (Wildman–Crippen LogP) is 2.14. The van der Waals surface area contributed by atoms with Crippen molar-refractivity contribution in [3.8, 4) is 0 Å². The molecule has 1 fully saturated rings. The maximum atomic E-state index is 13.9. The van der Waals surface area contributed by atoms with Crippen LogP contribution in [0, 0.1) is 12.7 Å². The van der Waals surface area contributed by atoms with Crippen LogP contribution in [0.1, 0.15) is 25.0 Å². The smallest absolute Gasteiger partial charge is 0.243 e. The Hall–Kier alpha value is -0.630. The van der Waals surface area contributed by atoms with Crippen molar-refractivity contribution in [2.24, 2.45) is 0 Å². The Bertz CT molecular complexity index is 644. The number of aliphatic hydroxyl groups excluding tert-OH is 1. The van der Waals surface area contributed by atoms with E-state index in [0.717, 1.165) is 0 Å². The minimum Gasteiger partial charge on any atom is -0.392 e. The molecule has 0 spiro atoms. The number of benzene rings is 1. The minimum absolute atomic E-state index is 0.0470. The molecule has 0 saturated carbocycles. The van der Waals surface area contributed by atoms with E-state index in [1.165, 1.54) is 23.4 Å². The van der Waals surface area contributed by atoms with Crippen molar-refractivity contribution < 1.29 is 17.9 Å². The summed E-state index contributed by atoms with van der Waals surface area (Å²) < 4.78 is 40.7. The van der Waals surface area contributed by atoms with Gasteiger partial charge in [-0.05, 0) is 38.5 Å². The van der Waals surface area contributed by atoms with Gasteiger partial charge in [-0.15, -0.1) is 0 Å². The van der Waals surface area contributed by atoms with E-state index in [4.69, 9.17) is 5.11 Å². The molecular weight excluding hydrogens is 313 g/mol. The molecule has 0 radical (unpaired) electrons. The summed E-state index contributed by atoms with van der Waals surface area (Å²) in [5.74, 6) is 0.110. The van der Waals surface area contributed by atoms with Crippen molar-refractivity contribution in [2.45, 2.75) is 37.0 Å². The van der Waals surface area contributed by atoms with Gasteiger partial charge < -0.3 is 5.11 Å². The van der Waals surface area contributed by atoms with Gasteiger partial charge in [-0.1, -0.05) is 0 Å². The van der Waals surface area contributed by atoms with Gasteiger partial charge in [0.1, 0.15) is 5.82 Å². The Morgan fingerprint density at radius 3 is 2.67 bits per heavy atom. The Labute approximate surface area is 129 Å². The number of rotatable bonds is 3. The van der Waals surface area contributed by atoms with Crippen LogP contribution < -0.4 is 0 Å². The van der Waals surface area contributed by atoms with Crippen molar-refractivity contribution in [2.75, 3.05) is 18.8 Å². The molecule has 1 aromatic rings. The molecule has 0 amide bonds. The largest absolute Gasteiger partial charge is 0.392 e. The predicted molar refractivity (Wildman–Crippen MR) is 82.4 cm³/mol. The Morgan fingerprint density at radius 2 is 2.10 bits per heavy atom. The molecule has 0 atom stereocenters. The zero-order valence-electron chi connectivity index (χ0n) is 12.4. The van der Waals surface area contributed by atoms with Gasteiger partial charge >= 0.3 is 0 Å². The molecular formula is C14H20FNO3S2. The van der Waals surface area contributed by atoms with Crippen LogP contribution >= 0.6 is 11.8 Å². The molecule has 2 rings (SSSR count). The van der Waals surface area contributed by atoms with Crippen LogP contribution in [0.3, 0.4) is 0 Å². The van der Waals surface area contributed by atoms with Crippen molar-refractivity contribution in [3.63, 3.8) is 0 Å². The highest BCUT2D eigenvalue weighted by molar-refractivity contribution is 8.00. The van der Waals surface area contributed by atoms with Crippen molar-refractivity contribution in [1.82, 2.24) is 4.31 Å². The third-order valence-electron chi connectivity index (χ3n) is 3.55. The highest BCUT2D eigenvalue weighted by Crippen LogP contribution is 2.33. The molecule has 0 aliphatic carbocycles. The molecule has 0 bridgehead atoms. The minimum atomic E-state index is -3.75. The monoisotopic (exact) mass is 333 g/mol. The first kappa shape index (κ1) is 16.7. The van der Waals surface area contributed by atoms with E-state index < -0.39 is 15.8 Å². The van der Waals surface area contributed by atoms with Crippen LogP contribution in [0.5, 0.6) is 0 Å². The van der Waals surface area contributed by atoms with Crippen molar-refractivity contribution in [3.05, 3.63) is 29.1 Å². The first-order chi connectivity index (χ1) is 9.67. The summed E-state index contributed by atoms with van der Waals surface area (Å²) in [5.41, 5.74) is 0.366. The molecule has 1 heterocycles. The van der Waals surface area contributed by atoms with E-state index in [9.17, 15) is 12.8 Å². The lowest BCUT2D eigenvalue weighted by Gasteiger charge is -2.36. The first-order valence-electron chi connectivity index (χ1n) is 6.71. The van der Waals surface area contributed by atoms with Crippen LogP contribution in [0.15, 0.2) is 17.0 Å². The van der Waals surface area contributed by atoms with Gasteiger partial charge in [-0.3, -0.25) is 0 Å². The third kappa shape index (κ3) is 3.41. The van der Waals surface area contributed by atoms with Gasteiger partial charge in [0.05, 0.1) is 11.5 Å². The standard InChI is InChI=1S/C14H20FNO3S2/c1-10-12(15)6-11(8-17)7-13(10)21(18,19)16-4-5-20-14(2,3)9-16/h6-7,17H,4-5,8-9H2,1-3H3. The molecule has 1 aromatic carbocycles. The van der Waals surface area contributed by atoms with E-state index in [2.05, 4.69) is 0 Å².